The highest BCUT2D eigenvalue weighted by Crippen LogP contribution is 2.41. The van der Waals surface area contributed by atoms with Crippen LogP contribution in [-0.4, -0.2) is 18.1 Å². The topological polar surface area (TPSA) is 73.6 Å². The summed E-state index contributed by atoms with van der Waals surface area (Å²) in [5, 5.41) is 0. The van der Waals surface area contributed by atoms with Gasteiger partial charge in [0.25, 0.3) is 0 Å². The van der Waals surface area contributed by atoms with Crippen LogP contribution in [0.15, 0.2) is 18.2 Å². The molecule has 0 spiro atoms. The molecule has 0 fully saturated rings. The molecular weight excluding hydrogens is 244 g/mol. The van der Waals surface area contributed by atoms with Gasteiger partial charge in [-0.3, -0.25) is 10.2 Å². The van der Waals surface area contributed by atoms with E-state index in [0.29, 0.717) is 19.4 Å². The van der Waals surface area contributed by atoms with E-state index >= 15 is 0 Å². The molecule has 5 heteroatoms. The van der Waals surface area contributed by atoms with Gasteiger partial charge in [-0.25, -0.2) is 5.84 Å². The minimum Gasteiger partial charge on any atom is -0.490 e. The molecule has 0 bridgehead atoms. The highest BCUT2D eigenvalue weighted by atomic mass is 16.5. The van der Waals surface area contributed by atoms with Crippen molar-refractivity contribution in [1.29, 1.82) is 0 Å². The van der Waals surface area contributed by atoms with E-state index in [-0.39, 0.29) is 11.5 Å². The minimum absolute atomic E-state index is 0.179. The first-order valence-electron chi connectivity index (χ1n) is 6.45. The number of rotatable bonds is 5. The molecule has 1 amide bonds. The number of hydrogen-bond donors (Lipinski definition) is 2. The summed E-state index contributed by atoms with van der Waals surface area (Å²) in [6.07, 6.45) is 1.86. The van der Waals surface area contributed by atoms with Gasteiger partial charge < -0.3 is 9.47 Å². The van der Waals surface area contributed by atoms with Gasteiger partial charge in [-0.2, -0.15) is 0 Å². The minimum atomic E-state index is -0.181. The van der Waals surface area contributed by atoms with Crippen LogP contribution < -0.4 is 20.7 Å². The molecule has 1 aliphatic rings. The Bertz CT molecular complexity index is 472. The van der Waals surface area contributed by atoms with Gasteiger partial charge >= 0.3 is 0 Å². The summed E-state index contributed by atoms with van der Waals surface area (Å²) in [6, 6.07) is 5.91. The number of amides is 1. The van der Waals surface area contributed by atoms with Gasteiger partial charge in [0.05, 0.1) is 6.61 Å². The van der Waals surface area contributed by atoms with Crippen LogP contribution in [0.5, 0.6) is 11.5 Å². The maximum atomic E-state index is 11.0. The van der Waals surface area contributed by atoms with Gasteiger partial charge in [0.15, 0.2) is 11.5 Å². The fraction of sp³-hybridized carbons (Fsp3) is 0.500. The molecule has 0 radical (unpaired) electrons. The lowest BCUT2D eigenvalue weighted by atomic mass is 10.0. The predicted octanol–water partition coefficient (Wildman–Crippen LogP) is 1.55. The third kappa shape index (κ3) is 3.38. The molecule has 1 heterocycles. The highest BCUT2D eigenvalue weighted by Gasteiger charge is 2.32. The molecule has 0 atom stereocenters. The number of carbonyl (C=O) groups is 1. The standard InChI is InChI=1S/C14H20N2O3/c1-14(2)9-10-5-3-6-11(13(10)19-14)18-8-4-7-12(17)16-15/h3,5-6H,4,7-9,15H2,1-2H3,(H,16,17). The monoisotopic (exact) mass is 264 g/mol. The molecule has 1 aliphatic heterocycles. The number of fused-ring (bicyclic) bond motifs is 1. The Balaban J connectivity index is 1.92. The zero-order valence-corrected chi connectivity index (χ0v) is 11.4. The number of benzene rings is 1. The Kier molecular flexibility index (Phi) is 3.95. The third-order valence-corrected chi connectivity index (χ3v) is 3.02. The van der Waals surface area contributed by atoms with Crippen LogP contribution in [0.4, 0.5) is 0 Å². The van der Waals surface area contributed by atoms with Crippen molar-refractivity contribution in [2.24, 2.45) is 5.84 Å². The smallest absolute Gasteiger partial charge is 0.234 e. The average Bonchev–Trinajstić information content (AvgIpc) is 2.68. The number of carbonyl (C=O) groups excluding carboxylic acids is 1. The van der Waals surface area contributed by atoms with Crippen LogP contribution in [0.3, 0.4) is 0 Å². The molecule has 0 aliphatic carbocycles. The fourth-order valence-electron chi connectivity index (χ4n) is 2.19. The molecule has 1 aromatic carbocycles. The van der Waals surface area contributed by atoms with Crippen molar-refractivity contribution < 1.29 is 14.3 Å². The van der Waals surface area contributed by atoms with Crippen molar-refractivity contribution in [2.75, 3.05) is 6.61 Å². The molecule has 2 rings (SSSR count). The van der Waals surface area contributed by atoms with Crippen LogP contribution in [-0.2, 0) is 11.2 Å². The van der Waals surface area contributed by atoms with E-state index in [1.54, 1.807) is 0 Å². The van der Waals surface area contributed by atoms with E-state index < -0.39 is 0 Å². The molecule has 104 valence electrons. The van der Waals surface area contributed by atoms with Crippen molar-refractivity contribution in [1.82, 2.24) is 5.43 Å². The summed E-state index contributed by atoms with van der Waals surface area (Å²) >= 11 is 0. The summed E-state index contributed by atoms with van der Waals surface area (Å²) < 4.78 is 11.6. The maximum absolute atomic E-state index is 11.0. The summed E-state index contributed by atoms with van der Waals surface area (Å²) in [4.78, 5) is 11.0. The van der Waals surface area contributed by atoms with Gasteiger partial charge in [0.1, 0.15) is 5.60 Å². The Morgan fingerprint density at radius 2 is 2.32 bits per heavy atom. The number of nitrogens with two attached hydrogens (primary N) is 1. The molecule has 1 aromatic rings. The average molecular weight is 264 g/mol. The molecule has 5 nitrogen and oxygen atoms in total. The second-order valence-electron chi connectivity index (χ2n) is 5.30. The van der Waals surface area contributed by atoms with E-state index in [1.165, 1.54) is 5.56 Å². The molecule has 3 N–H and O–H groups in total. The van der Waals surface area contributed by atoms with Gasteiger partial charge in [0.2, 0.25) is 5.91 Å². The Morgan fingerprint density at radius 3 is 3.05 bits per heavy atom. The normalized spacial score (nSPS) is 15.5. The SMILES string of the molecule is CC1(C)Cc2cccc(OCCCC(=O)NN)c2O1. The molecule has 0 aromatic heterocycles. The maximum Gasteiger partial charge on any atom is 0.234 e. The largest absolute Gasteiger partial charge is 0.490 e. The number of ether oxygens (including phenoxy) is 2. The van der Waals surface area contributed by atoms with Gasteiger partial charge in [-0.1, -0.05) is 12.1 Å². The summed E-state index contributed by atoms with van der Waals surface area (Å²) in [5.41, 5.74) is 3.09. The highest BCUT2D eigenvalue weighted by molar-refractivity contribution is 5.75. The van der Waals surface area contributed by atoms with Crippen LogP contribution in [0.25, 0.3) is 0 Å². The van der Waals surface area contributed by atoms with Crippen molar-refractivity contribution >= 4 is 5.91 Å². The Labute approximate surface area is 113 Å². The van der Waals surface area contributed by atoms with E-state index in [1.807, 2.05) is 12.1 Å². The van der Waals surface area contributed by atoms with Crippen LogP contribution in [0.2, 0.25) is 0 Å². The lowest BCUT2D eigenvalue weighted by Gasteiger charge is -2.18. The molecule has 0 saturated heterocycles. The first kappa shape index (κ1) is 13.7. The molecule has 19 heavy (non-hydrogen) atoms. The fourth-order valence-corrected chi connectivity index (χ4v) is 2.19. The Morgan fingerprint density at radius 1 is 1.53 bits per heavy atom. The molecule has 0 unspecified atom stereocenters. The molecule has 0 saturated carbocycles. The van der Waals surface area contributed by atoms with Gasteiger partial charge in [-0.05, 0) is 26.3 Å². The van der Waals surface area contributed by atoms with Crippen molar-refractivity contribution in [3.63, 3.8) is 0 Å². The van der Waals surface area contributed by atoms with Crippen LogP contribution >= 0.6 is 0 Å². The lowest BCUT2D eigenvalue weighted by Crippen LogP contribution is -2.30. The number of para-hydroxylation sites is 1. The number of nitrogens with one attached hydrogen (secondary N) is 1. The van der Waals surface area contributed by atoms with Gasteiger partial charge in [-0.15, -0.1) is 0 Å². The second kappa shape index (κ2) is 5.48. The van der Waals surface area contributed by atoms with E-state index in [0.717, 1.165) is 17.9 Å². The number of hydrogen-bond acceptors (Lipinski definition) is 4. The number of hydrazine groups is 1. The summed E-state index contributed by atoms with van der Waals surface area (Å²) in [6.45, 7) is 4.58. The summed E-state index contributed by atoms with van der Waals surface area (Å²) in [5.74, 6) is 6.40. The second-order valence-corrected chi connectivity index (χ2v) is 5.30. The predicted molar refractivity (Wildman–Crippen MR) is 71.9 cm³/mol. The van der Waals surface area contributed by atoms with Crippen LogP contribution in [0.1, 0.15) is 32.3 Å². The summed E-state index contributed by atoms with van der Waals surface area (Å²) in [7, 11) is 0. The van der Waals surface area contributed by atoms with Crippen molar-refractivity contribution in [3.8, 4) is 11.5 Å². The van der Waals surface area contributed by atoms with Crippen LogP contribution in [0, 0.1) is 0 Å². The van der Waals surface area contributed by atoms with E-state index in [9.17, 15) is 4.79 Å². The quantitative estimate of drug-likeness (QED) is 0.366. The van der Waals surface area contributed by atoms with Crippen molar-refractivity contribution in [3.05, 3.63) is 23.8 Å². The Hall–Kier alpha value is -1.75. The van der Waals surface area contributed by atoms with Crippen molar-refractivity contribution in [2.45, 2.75) is 38.7 Å². The van der Waals surface area contributed by atoms with E-state index in [4.69, 9.17) is 15.3 Å². The zero-order chi connectivity index (χ0) is 13.9. The lowest BCUT2D eigenvalue weighted by molar-refractivity contribution is -0.121. The van der Waals surface area contributed by atoms with Gasteiger partial charge in [0, 0.05) is 18.4 Å². The molecular formula is C14H20N2O3. The third-order valence-electron chi connectivity index (χ3n) is 3.02. The first-order chi connectivity index (χ1) is 9.02. The first-order valence-corrected chi connectivity index (χ1v) is 6.45. The van der Waals surface area contributed by atoms with E-state index in [2.05, 4.69) is 25.3 Å². The zero-order valence-electron chi connectivity index (χ0n) is 11.4.